The van der Waals surface area contributed by atoms with Gasteiger partial charge in [0.25, 0.3) is 0 Å². The van der Waals surface area contributed by atoms with Crippen LogP contribution in [0.15, 0.2) is 58.1 Å². The van der Waals surface area contributed by atoms with Crippen molar-refractivity contribution in [3.8, 4) is 12.1 Å². The van der Waals surface area contributed by atoms with Crippen LogP contribution in [0.5, 0.6) is 0 Å². The molecule has 2 N–H and O–H groups in total. The number of pyridine rings is 1. The standard InChI is InChI=1S/C25H23ClN4O3S/c1-4-19-14(3)10-16(11-27)24(30-19)34-13-20-22(25(31)32-5-2)21(18(12-28)23(29)33-20)15-6-8-17(26)9-7-15/h6-10,21H,4-5,13,29H2,1-3H3. The Kier molecular flexibility index (Phi) is 8.22. The summed E-state index contributed by atoms with van der Waals surface area (Å²) in [5.74, 6) is -1.06. The average Bonchev–Trinajstić information content (AvgIpc) is 2.83. The van der Waals surface area contributed by atoms with Gasteiger partial charge in [0.1, 0.15) is 28.5 Å². The van der Waals surface area contributed by atoms with Crippen molar-refractivity contribution in [2.75, 3.05) is 12.4 Å². The molecule has 9 heteroatoms. The van der Waals surface area contributed by atoms with Crippen LogP contribution in [-0.2, 0) is 20.7 Å². The predicted molar refractivity (Wildman–Crippen MR) is 130 cm³/mol. The molecule has 0 saturated carbocycles. The van der Waals surface area contributed by atoms with Gasteiger partial charge in [-0.1, -0.05) is 42.4 Å². The molecule has 1 aromatic heterocycles. The van der Waals surface area contributed by atoms with E-state index in [1.54, 1.807) is 37.3 Å². The fraction of sp³-hybridized carbons (Fsp3) is 0.280. The highest BCUT2D eigenvalue weighted by atomic mass is 35.5. The van der Waals surface area contributed by atoms with E-state index in [0.717, 1.165) is 17.7 Å². The minimum absolute atomic E-state index is 0.0854. The van der Waals surface area contributed by atoms with Crippen molar-refractivity contribution in [3.63, 3.8) is 0 Å². The Hall–Kier alpha value is -3.46. The summed E-state index contributed by atoms with van der Waals surface area (Å²) in [7, 11) is 0. The minimum atomic E-state index is -0.779. The van der Waals surface area contributed by atoms with Crippen LogP contribution in [0.4, 0.5) is 0 Å². The van der Waals surface area contributed by atoms with Crippen molar-refractivity contribution in [2.24, 2.45) is 5.73 Å². The van der Waals surface area contributed by atoms with Gasteiger partial charge in [0.05, 0.1) is 29.4 Å². The molecule has 2 aromatic rings. The van der Waals surface area contributed by atoms with Crippen molar-refractivity contribution in [1.29, 1.82) is 10.5 Å². The van der Waals surface area contributed by atoms with Crippen molar-refractivity contribution >= 4 is 29.3 Å². The molecule has 174 valence electrons. The molecule has 0 fully saturated rings. The maximum Gasteiger partial charge on any atom is 0.338 e. The van der Waals surface area contributed by atoms with E-state index in [1.807, 2.05) is 13.8 Å². The molecule has 1 aliphatic heterocycles. The zero-order valence-electron chi connectivity index (χ0n) is 19.0. The number of nitrogens with zero attached hydrogens (tertiary/aromatic N) is 3. The number of carbonyl (C=O) groups excluding carboxylic acids is 1. The quantitative estimate of drug-likeness (QED) is 0.426. The van der Waals surface area contributed by atoms with Gasteiger partial charge in [0.15, 0.2) is 0 Å². The first-order valence-corrected chi connectivity index (χ1v) is 12.0. The number of benzene rings is 1. The number of hydrogen-bond acceptors (Lipinski definition) is 8. The number of nitrogens with two attached hydrogens (primary N) is 1. The molecule has 0 spiro atoms. The third kappa shape index (κ3) is 5.20. The second-order valence-corrected chi connectivity index (χ2v) is 8.79. The van der Waals surface area contributed by atoms with E-state index in [0.29, 0.717) is 21.2 Å². The number of halogens is 1. The minimum Gasteiger partial charge on any atom is -0.463 e. The number of esters is 1. The van der Waals surface area contributed by atoms with Crippen molar-refractivity contribution in [3.05, 3.63) is 80.5 Å². The van der Waals surface area contributed by atoms with E-state index >= 15 is 0 Å². The second-order valence-electron chi connectivity index (χ2n) is 7.39. The number of hydrogen-bond donors (Lipinski definition) is 1. The number of aryl methyl sites for hydroxylation is 2. The molecule has 1 aliphatic rings. The molecule has 2 heterocycles. The lowest BCUT2D eigenvalue weighted by molar-refractivity contribution is -0.139. The maximum absolute atomic E-state index is 13.1. The van der Waals surface area contributed by atoms with Crippen molar-refractivity contribution in [1.82, 2.24) is 4.98 Å². The molecular formula is C25H23ClN4O3S. The van der Waals surface area contributed by atoms with E-state index in [4.69, 9.17) is 26.8 Å². The van der Waals surface area contributed by atoms with Crippen molar-refractivity contribution in [2.45, 2.75) is 38.1 Å². The summed E-state index contributed by atoms with van der Waals surface area (Å²) >= 11 is 7.30. The van der Waals surface area contributed by atoms with Gasteiger partial charge in [-0.15, -0.1) is 0 Å². The van der Waals surface area contributed by atoms with Crippen molar-refractivity contribution < 1.29 is 14.3 Å². The van der Waals surface area contributed by atoms with Crippen LogP contribution in [0.1, 0.15) is 42.1 Å². The van der Waals surface area contributed by atoms with Gasteiger partial charge in [-0.05, 0) is 49.6 Å². The zero-order chi connectivity index (χ0) is 24.8. The summed E-state index contributed by atoms with van der Waals surface area (Å²) in [5.41, 5.74) is 9.32. The Labute approximate surface area is 207 Å². The number of nitriles is 2. The van der Waals surface area contributed by atoms with E-state index in [1.165, 1.54) is 11.8 Å². The van der Waals surface area contributed by atoms with Crippen LogP contribution in [0.2, 0.25) is 5.02 Å². The maximum atomic E-state index is 13.1. The van der Waals surface area contributed by atoms with Crippen LogP contribution >= 0.6 is 23.4 Å². The van der Waals surface area contributed by atoms with Gasteiger partial charge < -0.3 is 15.2 Å². The molecular weight excluding hydrogens is 472 g/mol. The average molecular weight is 495 g/mol. The highest BCUT2D eigenvalue weighted by Crippen LogP contribution is 2.41. The number of aromatic nitrogens is 1. The lowest BCUT2D eigenvalue weighted by atomic mass is 9.83. The predicted octanol–water partition coefficient (Wildman–Crippen LogP) is 4.89. The zero-order valence-corrected chi connectivity index (χ0v) is 20.6. The van der Waals surface area contributed by atoms with E-state index in [-0.39, 0.29) is 35.1 Å². The highest BCUT2D eigenvalue weighted by molar-refractivity contribution is 7.99. The number of thioether (sulfide) groups is 1. The Balaban J connectivity index is 2.10. The van der Waals surface area contributed by atoms with Crippen LogP contribution < -0.4 is 5.73 Å². The van der Waals surface area contributed by atoms with E-state index in [2.05, 4.69) is 17.1 Å². The van der Waals surface area contributed by atoms with E-state index in [9.17, 15) is 15.3 Å². The summed E-state index contributed by atoms with van der Waals surface area (Å²) in [4.78, 5) is 17.7. The molecule has 3 rings (SSSR count). The van der Waals surface area contributed by atoms with Crippen LogP contribution in [0.3, 0.4) is 0 Å². The SMILES string of the molecule is CCOC(=O)C1=C(CSc2nc(CC)c(C)cc2C#N)OC(N)=C(C#N)C1c1ccc(Cl)cc1. The first-order valence-electron chi connectivity index (χ1n) is 10.6. The van der Waals surface area contributed by atoms with Crippen LogP contribution in [0, 0.1) is 29.6 Å². The number of carbonyl (C=O) groups is 1. The summed E-state index contributed by atoms with van der Waals surface area (Å²) in [6, 6.07) is 12.9. The van der Waals surface area contributed by atoms with Crippen LogP contribution in [-0.4, -0.2) is 23.3 Å². The van der Waals surface area contributed by atoms with Gasteiger partial charge in [-0.3, -0.25) is 0 Å². The summed E-state index contributed by atoms with van der Waals surface area (Å²) in [6.45, 7) is 5.76. The lowest BCUT2D eigenvalue weighted by Crippen LogP contribution is -2.27. The van der Waals surface area contributed by atoms with Gasteiger partial charge in [-0.2, -0.15) is 10.5 Å². The highest BCUT2D eigenvalue weighted by Gasteiger charge is 2.37. The van der Waals surface area contributed by atoms with Gasteiger partial charge in [0.2, 0.25) is 5.88 Å². The largest absolute Gasteiger partial charge is 0.463 e. The molecule has 0 aliphatic carbocycles. The first kappa shape index (κ1) is 25.2. The van der Waals surface area contributed by atoms with E-state index < -0.39 is 11.9 Å². The molecule has 1 atom stereocenters. The van der Waals surface area contributed by atoms with Gasteiger partial charge in [0, 0.05) is 10.7 Å². The number of rotatable bonds is 7. The smallest absolute Gasteiger partial charge is 0.338 e. The molecule has 1 unspecified atom stereocenters. The molecule has 7 nitrogen and oxygen atoms in total. The van der Waals surface area contributed by atoms with Crippen LogP contribution in [0.25, 0.3) is 0 Å². The molecule has 0 saturated heterocycles. The summed E-state index contributed by atoms with van der Waals surface area (Å²) < 4.78 is 11.1. The number of allylic oxidation sites excluding steroid dienone is 1. The Bertz CT molecular complexity index is 1260. The molecule has 0 radical (unpaired) electrons. The summed E-state index contributed by atoms with van der Waals surface area (Å²) in [6.07, 6.45) is 0.720. The molecule has 0 amide bonds. The fourth-order valence-corrected chi connectivity index (χ4v) is 4.70. The Morgan fingerprint density at radius 1 is 1.26 bits per heavy atom. The Morgan fingerprint density at radius 2 is 1.97 bits per heavy atom. The third-order valence-electron chi connectivity index (χ3n) is 5.27. The monoisotopic (exact) mass is 494 g/mol. The van der Waals surface area contributed by atoms with Gasteiger partial charge >= 0.3 is 5.97 Å². The number of ether oxygens (including phenoxy) is 2. The molecule has 34 heavy (non-hydrogen) atoms. The molecule has 0 bridgehead atoms. The topological polar surface area (TPSA) is 122 Å². The Morgan fingerprint density at radius 3 is 2.56 bits per heavy atom. The fourth-order valence-electron chi connectivity index (χ4n) is 3.66. The first-order chi connectivity index (χ1) is 16.3. The lowest BCUT2D eigenvalue weighted by Gasteiger charge is -2.28. The third-order valence-corrected chi connectivity index (χ3v) is 6.52. The second kappa shape index (κ2) is 11.1. The molecule has 1 aromatic carbocycles. The summed E-state index contributed by atoms with van der Waals surface area (Å²) in [5, 5.41) is 20.4. The van der Waals surface area contributed by atoms with Gasteiger partial charge in [-0.25, -0.2) is 9.78 Å². The normalized spacial score (nSPS) is 15.4.